The average molecular weight is 440 g/mol. The van der Waals surface area contributed by atoms with Crippen LogP contribution < -0.4 is 10.5 Å². The van der Waals surface area contributed by atoms with Crippen LogP contribution >= 0.6 is 11.8 Å². The molecule has 31 heavy (non-hydrogen) atoms. The Balaban J connectivity index is 1.70. The molecule has 1 heterocycles. The molecule has 0 aliphatic heterocycles. The molecule has 0 aliphatic rings. The predicted molar refractivity (Wildman–Crippen MR) is 125 cm³/mol. The first kappa shape index (κ1) is 22.9. The molecule has 164 valence electrons. The van der Waals surface area contributed by atoms with Gasteiger partial charge in [0.05, 0.1) is 19.6 Å². The van der Waals surface area contributed by atoms with Gasteiger partial charge in [-0.1, -0.05) is 30.3 Å². The van der Waals surface area contributed by atoms with Crippen LogP contribution in [0.5, 0.6) is 5.75 Å². The first-order valence-electron chi connectivity index (χ1n) is 10.3. The number of imidazole rings is 1. The minimum absolute atomic E-state index is 0.0167. The van der Waals surface area contributed by atoms with Crippen LogP contribution in [0.2, 0.25) is 0 Å². The highest BCUT2D eigenvalue weighted by Crippen LogP contribution is 2.26. The van der Waals surface area contributed by atoms with Crippen LogP contribution in [0.25, 0.3) is 11.4 Å². The molecule has 3 aromatic rings. The number of benzene rings is 2. The summed E-state index contributed by atoms with van der Waals surface area (Å²) in [7, 11) is 0. The Morgan fingerprint density at radius 2 is 1.97 bits per heavy atom. The van der Waals surface area contributed by atoms with Crippen LogP contribution in [0, 0.1) is 6.92 Å². The Bertz CT molecular complexity index is 1000. The summed E-state index contributed by atoms with van der Waals surface area (Å²) in [5, 5.41) is 8.81. The second kappa shape index (κ2) is 11.0. The molecule has 0 saturated carbocycles. The van der Waals surface area contributed by atoms with Crippen LogP contribution in [0.4, 0.5) is 0 Å². The number of aryl methyl sites for hydroxylation is 1. The maximum Gasteiger partial charge on any atom is 0.304 e. The third-order valence-corrected chi connectivity index (χ3v) is 5.86. The van der Waals surface area contributed by atoms with Gasteiger partial charge in [0.1, 0.15) is 11.6 Å². The summed E-state index contributed by atoms with van der Waals surface area (Å²) in [5.74, 6) is 0.888. The van der Waals surface area contributed by atoms with E-state index >= 15 is 0 Å². The number of rotatable bonds is 11. The maximum absolute atomic E-state index is 10.7. The fourth-order valence-electron chi connectivity index (χ4n) is 3.43. The van der Waals surface area contributed by atoms with Crippen molar-refractivity contribution in [2.24, 2.45) is 5.73 Å². The highest BCUT2D eigenvalue weighted by atomic mass is 32.2. The number of para-hydroxylation sites is 1. The van der Waals surface area contributed by atoms with Crippen molar-refractivity contribution in [3.63, 3.8) is 0 Å². The van der Waals surface area contributed by atoms with Crippen molar-refractivity contribution in [2.75, 3.05) is 12.9 Å². The van der Waals surface area contributed by atoms with Gasteiger partial charge in [-0.25, -0.2) is 4.98 Å². The number of nitrogens with zero attached hydrogens (tertiary/aromatic N) is 2. The number of carbonyl (C=O) groups is 1. The first-order valence-corrected chi connectivity index (χ1v) is 11.5. The van der Waals surface area contributed by atoms with E-state index in [0.717, 1.165) is 28.4 Å². The van der Waals surface area contributed by atoms with Gasteiger partial charge < -0.3 is 20.1 Å². The van der Waals surface area contributed by atoms with E-state index < -0.39 is 5.97 Å². The molecule has 7 heteroatoms. The number of aliphatic carboxylic acids is 1. The van der Waals surface area contributed by atoms with Crippen LogP contribution in [0.3, 0.4) is 0 Å². The first-order chi connectivity index (χ1) is 15.0. The SMILES string of the molecule is CSc1ccc(-c2ncc(C)n2Cc2ccccc2OCCC[C@@H](N)CC(=O)O)cc1. The zero-order chi connectivity index (χ0) is 22.2. The van der Waals surface area contributed by atoms with Gasteiger partial charge in [-0.2, -0.15) is 0 Å². The topological polar surface area (TPSA) is 90.4 Å². The lowest BCUT2D eigenvalue weighted by Gasteiger charge is -2.15. The molecule has 6 nitrogen and oxygen atoms in total. The van der Waals surface area contributed by atoms with Crippen molar-refractivity contribution in [3.8, 4) is 17.1 Å². The lowest BCUT2D eigenvalue weighted by atomic mass is 10.1. The summed E-state index contributed by atoms with van der Waals surface area (Å²) in [4.78, 5) is 16.6. The fourth-order valence-corrected chi connectivity index (χ4v) is 3.84. The van der Waals surface area contributed by atoms with E-state index in [1.807, 2.05) is 24.4 Å². The zero-order valence-corrected chi connectivity index (χ0v) is 18.8. The second-order valence-electron chi connectivity index (χ2n) is 7.49. The Hall–Kier alpha value is -2.77. The standard InChI is InChI=1S/C24H29N3O3S/c1-17-15-26-24(18-9-11-21(31-2)12-10-18)27(17)16-19-6-3-4-8-22(19)30-13-5-7-20(25)14-23(28)29/h3-4,6,8-12,15,20H,5,7,13-14,16,25H2,1-2H3,(H,28,29)/t20-/m1/s1. The normalized spacial score (nSPS) is 12.0. The largest absolute Gasteiger partial charge is 0.493 e. The summed E-state index contributed by atoms with van der Waals surface area (Å²) in [6, 6.07) is 16.1. The summed E-state index contributed by atoms with van der Waals surface area (Å²) in [6.45, 7) is 3.20. The summed E-state index contributed by atoms with van der Waals surface area (Å²) >= 11 is 1.72. The van der Waals surface area contributed by atoms with E-state index in [1.54, 1.807) is 11.8 Å². The third kappa shape index (κ3) is 6.35. The molecule has 0 bridgehead atoms. The molecule has 0 saturated heterocycles. The molecule has 0 unspecified atom stereocenters. The molecular weight excluding hydrogens is 410 g/mol. The number of hydrogen-bond acceptors (Lipinski definition) is 5. The van der Waals surface area contributed by atoms with Crippen LogP contribution in [0.15, 0.2) is 59.6 Å². The Kier molecular flexibility index (Phi) is 8.14. The van der Waals surface area contributed by atoms with E-state index in [4.69, 9.17) is 15.6 Å². The van der Waals surface area contributed by atoms with Crippen LogP contribution in [0.1, 0.15) is 30.5 Å². The number of thioether (sulfide) groups is 1. The van der Waals surface area contributed by atoms with Gasteiger partial charge in [-0.15, -0.1) is 11.8 Å². The van der Waals surface area contributed by atoms with Gasteiger partial charge in [0.25, 0.3) is 0 Å². The summed E-state index contributed by atoms with van der Waals surface area (Å²) < 4.78 is 8.21. The van der Waals surface area contributed by atoms with E-state index in [0.29, 0.717) is 26.0 Å². The number of nitrogens with two attached hydrogens (primary N) is 1. The van der Waals surface area contributed by atoms with E-state index in [9.17, 15) is 4.79 Å². The Morgan fingerprint density at radius 1 is 1.23 bits per heavy atom. The van der Waals surface area contributed by atoms with Gasteiger partial charge in [-0.3, -0.25) is 4.79 Å². The van der Waals surface area contributed by atoms with Crippen LogP contribution in [-0.4, -0.2) is 39.5 Å². The number of carboxylic acid groups (broad SMARTS) is 1. The average Bonchev–Trinajstić information content (AvgIpc) is 3.12. The smallest absolute Gasteiger partial charge is 0.304 e. The number of hydrogen-bond donors (Lipinski definition) is 2. The lowest BCUT2D eigenvalue weighted by molar-refractivity contribution is -0.137. The minimum Gasteiger partial charge on any atom is -0.493 e. The highest BCUT2D eigenvalue weighted by molar-refractivity contribution is 7.98. The van der Waals surface area contributed by atoms with Crippen molar-refractivity contribution >= 4 is 17.7 Å². The van der Waals surface area contributed by atoms with Crippen LogP contribution in [-0.2, 0) is 11.3 Å². The molecule has 3 N–H and O–H groups in total. The van der Waals surface area contributed by atoms with Crippen molar-refractivity contribution in [3.05, 3.63) is 66.0 Å². The Labute approximate surface area is 187 Å². The molecule has 2 aromatic carbocycles. The van der Waals surface area contributed by atoms with E-state index in [-0.39, 0.29) is 12.5 Å². The van der Waals surface area contributed by atoms with Crippen molar-refractivity contribution in [1.82, 2.24) is 9.55 Å². The van der Waals surface area contributed by atoms with Gasteiger partial charge in [-0.05, 0) is 44.2 Å². The van der Waals surface area contributed by atoms with E-state index in [1.165, 1.54) is 4.90 Å². The second-order valence-corrected chi connectivity index (χ2v) is 8.37. The summed E-state index contributed by atoms with van der Waals surface area (Å²) in [6.07, 6.45) is 5.27. The van der Waals surface area contributed by atoms with Crippen molar-refractivity contribution in [1.29, 1.82) is 0 Å². The number of ether oxygens (including phenoxy) is 1. The van der Waals surface area contributed by atoms with Gasteiger partial charge in [0, 0.05) is 34.0 Å². The van der Waals surface area contributed by atoms with Gasteiger partial charge >= 0.3 is 5.97 Å². The molecular formula is C24H29N3O3S. The van der Waals surface area contributed by atoms with Crippen molar-refractivity contribution in [2.45, 2.75) is 43.7 Å². The van der Waals surface area contributed by atoms with Gasteiger partial charge in [0.2, 0.25) is 0 Å². The minimum atomic E-state index is -0.867. The number of carboxylic acids is 1. The summed E-state index contributed by atoms with van der Waals surface area (Å²) in [5.41, 5.74) is 9.07. The number of aromatic nitrogens is 2. The molecule has 0 radical (unpaired) electrons. The molecule has 0 spiro atoms. The third-order valence-electron chi connectivity index (χ3n) is 5.12. The molecule has 3 rings (SSSR count). The molecule has 0 aliphatic carbocycles. The predicted octanol–water partition coefficient (Wildman–Crippen LogP) is 4.59. The van der Waals surface area contributed by atoms with Gasteiger partial charge in [0.15, 0.2) is 0 Å². The quantitative estimate of drug-likeness (QED) is 0.335. The lowest BCUT2D eigenvalue weighted by Crippen LogP contribution is -2.24. The maximum atomic E-state index is 10.7. The Morgan fingerprint density at radius 3 is 2.68 bits per heavy atom. The molecule has 0 amide bonds. The molecule has 0 fully saturated rings. The van der Waals surface area contributed by atoms with Crippen molar-refractivity contribution < 1.29 is 14.6 Å². The fraction of sp³-hybridized carbons (Fsp3) is 0.333. The monoisotopic (exact) mass is 439 g/mol. The van der Waals surface area contributed by atoms with E-state index in [2.05, 4.69) is 53.1 Å². The molecule has 1 aromatic heterocycles. The molecule has 1 atom stereocenters. The zero-order valence-electron chi connectivity index (χ0n) is 18.0. The highest BCUT2D eigenvalue weighted by Gasteiger charge is 2.13.